The quantitative estimate of drug-likeness (QED) is 0.432. The number of nitrogens with zero attached hydrogens (tertiary/aromatic N) is 3. The smallest absolute Gasteiger partial charge is 0.352 e. The SMILES string of the molecule is CNc1c(Cl)cc2c(c1Cl)OC(C)(C)C1=CCn3c(=O)n(-c4ccc(C(C)=O)cc4)c(=O)n3C12. The number of aromatic nitrogens is 3. The standard InChI is InChI=1S/C24H22Cl2N4O4/c1-12(31)13-5-7-14(8-6-13)29-22(32)28-10-9-16-20(30(28)23(29)33)15-11-17(25)19(27-4)18(26)21(15)34-24(16,2)3/h5-9,11,20,27H,10H2,1-4H3. The highest BCUT2D eigenvalue weighted by Crippen LogP contribution is 2.52. The van der Waals surface area contributed by atoms with Crippen LogP contribution >= 0.6 is 23.2 Å². The van der Waals surface area contributed by atoms with E-state index in [1.807, 2.05) is 19.9 Å². The zero-order valence-corrected chi connectivity index (χ0v) is 20.5. The Morgan fingerprint density at radius 1 is 1.15 bits per heavy atom. The fourth-order valence-corrected chi connectivity index (χ4v) is 5.45. The molecular weight excluding hydrogens is 479 g/mol. The predicted molar refractivity (Wildman–Crippen MR) is 131 cm³/mol. The van der Waals surface area contributed by atoms with Crippen LogP contribution in [-0.2, 0) is 6.54 Å². The van der Waals surface area contributed by atoms with Gasteiger partial charge in [-0.05, 0) is 56.7 Å². The Balaban J connectivity index is 1.77. The molecule has 0 bridgehead atoms. The number of rotatable bonds is 3. The van der Waals surface area contributed by atoms with Crippen LogP contribution in [0.3, 0.4) is 0 Å². The lowest BCUT2D eigenvalue weighted by Gasteiger charge is -2.43. The molecule has 8 nitrogen and oxygen atoms in total. The number of Topliss-reactive ketones (excluding diaryl/α,β-unsaturated/α-hetero) is 1. The minimum atomic E-state index is -0.786. The molecule has 0 amide bonds. The number of hydrogen-bond donors (Lipinski definition) is 1. The molecule has 34 heavy (non-hydrogen) atoms. The largest absolute Gasteiger partial charge is 0.481 e. The molecule has 3 aromatic rings. The second-order valence-electron chi connectivity index (χ2n) is 8.82. The van der Waals surface area contributed by atoms with Gasteiger partial charge in [0.15, 0.2) is 5.78 Å². The van der Waals surface area contributed by atoms with E-state index >= 15 is 0 Å². The fourth-order valence-electron chi connectivity index (χ4n) is 4.75. The van der Waals surface area contributed by atoms with Gasteiger partial charge in [-0.1, -0.05) is 29.3 Å². The van der Waals surface area contributed by atoms with Crippen molar-refractivity contribution in [2.24, 2.45) is 0 Å². The maximum atomic E-state index is 13.7. The van der Waals surface area contributed by atoms with E-state index in [0.29, 0.717) is 38.3 Å². The third kappa shape index (κ3) is 3.09. The molecule has 2 aliphatic rings. The van der Waals surface area contributed by atoms with Crippen LogP contribution in [0.4, 0.5) is 5.69 Å². The van der Waals surface area contributed by atoms with Gasteiger partial charge in [-0.15, -0.1) is 0 Å². The van der Waals surface area contributed by atoms with Crippen molar-refractivity contribution in [1.29, 1.82) is 0 Å². The molecule has 176 valence electrons. The third-order valence-electron chi connectivity index (χ3n) is 6.41. The Morgan fingerprint density at radius 2 is 1.82 bits per heavy atom. The van der Waals surface area contributed by atoms with Gasteiger partial charge in [0.05, 0.1) is 22.9 Å². The summed E-state index contributed by atoms with van der Waals surface area (Å²) in [5, 5.41) is 3.67. The van der Waals surface area contributed by atoms with Gasteiger partial charge in [0, 0.05) is 18.2 Å². The van der Waals surface area contributed by atoms with Gasteiger partial charge in [-0.2, -0.15) is 0 Å². The normalized spacial score (nSPS) is 17.7. The average molecular weight is 501 g/mol. The number of nitrogens with one attached hydrogen (secondary N) is 1. The van der Waals surface area contributed by atoms with Crippen LogP contribution in [0, 0.1) is 0 Å². The van der Waals surface area contributed by atoms with E-state index in [4.69, 9.17) is 27.9 Å². The number of halogens is 2. The lowest BCUT2D eigenvalue weighted by Crippen LogP contribution is -2.46. The molecule has 1 aromatic heterocycles. The number of anilines is 1. The van der Waals surface area contributed by atoms with Gasteiger partial charge in [-0.25, -0.2) is 23.5 Å². The van der Waals surface area contributed by atoms with Crippen molar-refractivity contribution in [3.8, 4) is 11.4 Å². The van der Waals surface area contributed by atoms with Gasteiger partial charge in [0.25, 0.3) is 0 Å². The summed E-state index contributed by atoms with van der Waals surface area (Å²) in [7, 11) is 1.71. The number of hydrogen-bond acceptors (Lipinski definition) is 5. The molecule has 10 heteroatoms. The zero-order chi connectivity index (χ0) is 24.5. The van der Waals surface area contributed by atoms with E-state index in [1.54, 1.807) is 37.4 Å². The lowest BCUT2D eigenvalue weighted by atomic mass is 9.83. The Labute approximate surface area is 204 Å². The summed E-state index contributed by atoms with van der Waals surface area (Å²) in [6.45, 7) is 5.46. The summed E-state index contributed by atoms with van der Waals surface area (Å²) >= 11 is 13.1. The highest BCUT2D eigenvalue weighted by Gasteiger charge is 2.45. The molecule has 2 aromatic carbocycles. The van der Waals surface area contributed by atoms with E-state index < -0.39 is 23.0 Å². The number of ether oxygens (including phenoxy) is 1. The van der Waals surface area contributed by atoms with Crippen molar-refractivity contribution in [2.45, 2.75) is 39.0 Å². The topological polar surface area (TPSA) is 87.3 Å². The highest BCUT2D eigenvalue weighted by molar-refractivity contribution is 6.40. The second-order valence-corrected chi connectivity index (χ2v) is 9.61. The van der Waals surface area contributed by atoms with Crippen LogP contribution < -0.4 is 21.4 Å². The predicted octanol–water partition coefficient (Wildman–Crippen LogP) is 4.05. The number of carbonyl (C=O) groups is 1. The van der Waals surface area contributed by atoms with E-state index in [9.17, 15) is 14.4 Å². The van der Waals surface area contributed by atoms with Crippen molar-refractivity contribution in [3.63, 3.8) is 0 Å². The summed E-state index contributed by atoms with van der Waals surface area (Å²) in [4.78, 5) is 38.7. The van der Waals surface area contributed by atoms with Crippen molar-refractivity contribution in [1.82, 2.24) is 13.9 Å². The van der Waals surface area contributed by atoms with E-state index in [2.05, 4.69) is 5.32 Å². The molecule has 0 fully saturated rings. The van der Waals surface area contributed by atoms with Crippen LogP contribution in [0.5, 0.6) is 5.75 Å². The number of allylic oxidation sites excluding steroid dienone is 1. The molecule has 0 aliphatic carbocycles. The Kier molecular flexibility index (Phi) is 5.07. The molecule has 5 rings (SSSR count). The van der Waals surface area contributed by atoms with Gasteiger partial charge in [0.1, 0.15) is 22.4 Å². The molecule has 0 radical (unpaired) electrons. The lowest BCUT2D eigenvalue weighted by molar-refractivity contribution is 0.101. The molecule has 3 heterocycles. The van der Waals surface area contributed by atoms with Gasteiger partial charge in [0.2, 0.25) is 0 Å². The fraction of sp³-hybridized carbons (Fsp3) is 0.292. The third-order valence-corrected chi connectivity index (χ3v) is 7.07. The summed E-state index contributed by atoms with van der Waals surface area (Å²) in [5.41, 5.74) is 1.05. The Hall–Kier alpha value is -3.23. The minimum absolute atomic E-state index is 0.101. The van der Waals surface area contributed by atoms with Crippen molar-refractivity contribution >= 4 is 34.7 Å². The van der Waals surface area contributed by atoms with Crippen LogP contribution in [0.25, 0.3) is 5.69 Å². The van der Waals surface area contributed by atoms with Gasteiger partial charge in [-0.3, -0.25) is 4.79 Å². The first kappa shape index (κ1) is 22.6. The number of fused-ring (bicyclic) bond motifs is 5. The van der Waals surface area contributed by atoms with E-state index in [1.165, 1.54) is 16.3 Å². The van der Waals surface area contributed by atoms with Gasteiger partial charge < -0.3 is 10.1 Å². The Bertz CT molecular complexity index is 1510. The molecule has 0 saturated carbocycles. The molecule has 0 saturated heterocycles. The summed E-state index contributed by atoms with van der Waals surface area (Å²) < 4.78 is 10.2. The van der Waals surface area contributed by atoms with Crippen molar-refractivity contribution in [2.75, 3.05) is 12.4 Å². The number of benzene rings is 2. The molecule has 1 N–H and O–H groups in total. The molecule has 0 spiro atoms. The molecule has 1 unspecified atom stereocenters. The maximum absolute atomic E-state index is 13.7. The van der Waals surface area contributed by atoms with Crippen LogP contribution in [-0.4, -0.2) is 32.4 Å². The monoisotopic (exact) mass is 500 g/mol. The summed E-state index contributed by atoms with van der Waals surface area (Å²) in [5.74, 6) is 0.310. The van der Waals surface area contributed by atoms with Crippen molar-refractivity contribution in [3.05, 3.63) is 84.1 Å². The number of ketones is 1. The average Bonchev–Trinajstić information content (AvgIpc) is 3.05. The first-order valence-electron chi connectivity index (χ1n) is 10.7. The second kappa shape index (κ2) is 7.65. The van der Waals surface area contributed by atoms with Gasteiger partial charge >= 0.3 is 11.4 Å². The maximum Gasteiger partial charge on any atom is 0.352 e. The summed E-state index contributed by atoms with van der Waals surface area (Å²) in [6.07, 6.45) is 1.91. The van der Waals surface area contributed by atoms with E-state index in [-0.39, 0.29) is 12.3 Å². The summed E-state index contributed by atoms with van der Waals surface area (Å²) in [6, 6.07) is 7.46. The Morgan fingerprint density at radius 3 is 2.44 bits per heavy atom. The zero-order valence-electron chi connectivity index (χ0n) is 19.0. The van der Waals surface area contributed by atoms with E-state index in [0.717, 1.165) is 10.1 Å². The first-order chi connectivity index (χ1) is 16.1. The van der Waals surface area contributed by atoms with Crippen LogP contribution in [0.15, 0.2) is 51.6 Å². The minimum Gasteiger partial charge on any atom is -0.481 e. The molecule has 2 aliphatic heterocycles. The number of carbonyl (C=O) groups excluding carboxylic acids is 1. The highest BCUT2D eigenvalue weighted by atomic mass is 35.5. The molecular formula is C24H22Cl2N4O4. The molecule has 1 atom stereocenters. The van der Waals surface area contributed by atoms with Crippen LogP contribution in [0.2, 0.25) is 10.0 Å². The van der Waals surface area contributed by atoms with Crippen LogP contribution in [0.1, 0.15) is 42.7 Å². The van der Waals surface area contributed by atoms with Crippen molar-refractivity contribution < 1.29 is 9.53 Å². The first-order valence-corrected chi connectivity index (χ1v) is 11.5.